The second-order valence-corrected chi connectivity index (χ2v) is 6.97. The molecule has 0 heterocycles. The molecule has 0 aromatic carbocycles. The highest BCUT2D eigenvalue weighted by atomic mass is 19.4. The van der Waals surface area contributed by atoms with Crippen LogP contribution in [0.4, 0.5) is 96.6 Å². The first kappa shape index (κ1) is 38.5. The Kier molecular flexibility index (Phi) is 10.6. The van der Waals surface area contributed by atoms with Crippen LogP contribution in [-0.4, -0.2) is 72.3 Å². The van der Waals surface area contributed by atoms with E-state index in [9.17, 15) is 96.6 Å². The third-order valence-electron chi connectivity index (χ3n) is 4.24. The van der Waals surface area contributed by atoms with E-state index in [1.807, 2.05) is 0 Å². The molecule has 0 amide bonds. The number of hydrogen-bond acceptors (Lipinski definition) is 2. The van der Waals surface area contributed by atoms with Crippen LogP contribution in [0.1, 0.15) is 13.3 Å². The predicted molar refractivity (Wildman–Crippen MR) is 79.0 cm³/mol. The van der Waals surface area contributed by atoms with Crippen LogP contribution in [0.2, 0.25) is 0 Å². The van der Waals surface area contributed by atoms with Crippen molar-refractivity contribution in [3.05, 3.63) is 0 Å². The first-order valence-electron chi connectivity index (χ1n) is 8.64. The Morgan fingerprint density at radius 2 is 0.789 bits per heavy atom. The van der Waals surface area contributed by atoms with Gasteiger partial charge in [0.15, 0.2) is 6.17 Å². The van der Waals surface area contributed by atoms with Gasteiger partial charge >= 0.3 is 59.6 Å². The molecule has 38 heavy (non-hydrogen) atoms. The average molecular weight is 626 g/mol. The van der Waals surface area contributed by atoms with Crippen LogP contribution < -0.4 is 11.5 Å². The molecular weight excluding hydrogens is 614 g/mol. The molecule has 0 fully saturated rings. The van der Waals surface area contributed by atoms with Gasteiger partial charge in [-0.25, -0.2) is 4.39 Å². The van der Waals surface area contributed by atoms with Crippen molar-refractivity contribution in [2.45, 2.75) is 79.1 Å². The van der Waals surface area contributed by atoms with Gasteiger partial charge in [0, 0.05) is 0 Å². The summed E-state index contributed by atoms with van der Waals surface area (Å²) < 4.78 is 273. The van der Waals surface area contributed by atoms with Gasteiger partial charge in [-0.3, -0.25) is 5.73 Å². The summed E-state index contributed by atoms with van der Waals surface area (Å²) in [5.41, 5.74) is 7.43. The first-order chi connectivity index (χ1) is 16.0. The maximum absolute atomic E-state index is 12.9. The van der Waals surface area contributed by atoms with Crippen molar-refractivity contribution in [1.82, 2.24) is 0 Å². The Hall–Kier alpha value is -1.62. The molecule has 0 aliphatic carbocycles. The van der Waals surface area contributed by atoms with E-state index in [-0.39, 0.29) is 0 Å². The Bertz CT molecular complexity index is 778. The minimum Gasteiger partial charge on any atom is -0.325 e. The number of alkyl halides is 22. The summed E-state index contributed by atoms with van der Waals surface area (Å²) in [6.07, 6.45) is -12.0. The van der Waals surface area contributed by atoms with Crippen molar-refractivity contribution in [3.8, 4) is 0 Å². The Labute approximate surface area is 195 Å². The molecule has 1 unspecified atom stereocenters. The van der Waals surface area contributed by atoms with E-state index in [0.29, 0.717) is 0 Å². The SMILES string of the molecule is CCC(F)C(F)(F)C(F)(F)C(N)(F)F.NCC(F)(F)C(F)(F)C(F)(F)C(F)(F)C(F)(F)C(F)(F)C(F)(F)F. The highest BCUT2D eigenvalue weighted by molar-refractivity contribution is 5.13. The summed E-state index contributed by atoms with van der Waals surface area (Å²) in [5.74, 6) is -57.7. The van der Waals surface area contributed by atoms with Crippen LogP contribution in [0, 0.1) is 0 Å². The Balaban J connectivity index is 0. The molecule has 0 aliphatic heterocycles. The molecule has 1 atom stereocenters. The van der Waals surface area contributed by atoms with Gasteiger partial charge in [-0.05, 0) is 6.42 Å². The molecule has 232 valence electrons. The van der Waals surface area contributed by atoms with Gasteiger partial charge in [-0.1, -0.05) is 6.92 Å². The first-order valence-corrected chi connectivity index (χ1v) is 8.64. The van der Waals surface area contributed by atoms with Gasteiger partial charge < -0.3 is 5.73 Å². The molecule has 2 nitrogen and oxygen atoms in total. The molecule has 0 radical (unpaired) electrons. The van der Waals surface area contributed by atoms with Gasteiger partial charge in [0.05, 0.1) is 6.54 Å². The van der Waals surface area contributed by atoms with Crippen molar-refractivity contribution < 1.29 is 96.6 Å². The highest BCUT2D eigenvalue weighted by Gasteiger charge is 2.93. The lowest BCUT2D eigenvalue weighted by Crippen LogP contribution is -2.73. The zero-order chi connectivity index (χ0) is 32.0. The van der Waals surface area contributed by atoms with Gasteiger partial charge in [0.1, 0.15) is 0 Å². The Morgan fingerprint density at radius 1 is 0.500 bits per heavy atom. The summed E-state index contributed by atoms with van der Waals surface area (Å²) in [4.78, 5) is 0. The smallest absolute Gasteiger partial charge is 0.325 e. The molecule has 0 aromatic heterocycles. The van der Waals surface area contributed by atoms with E-state index in [0.717, 1.165) is 6.92 Å². The van der Waals surface area contributed by atoms with Crippen molar-refractivity contribution in [2.24, 2.45) is 11.5 Å². The second kappa shape index (κ2) is 10.4. The standard InChI is InChI=1S/C8H4F15N.C6H8F7N/c9-2(10,1-24)3(11,12)4(13,14)5(15,16)6(17,18)7(19,20)8(21,22)23;1-2-3(7)4(8,9)5(10,11)6(12,13)14/h1,24H2;3H,2,14H2,1H3. The minimum absolute atomic E-state index is 0.823. The van der Waals surface area contributed by atoms with Crippen molar-refractivity contribution in [1.29, 1.82) is 0 Å². The fourth-order valence-corrected chi connectivity index (χ4v) is 1.80. The lowest BCUT2D eigenvalue weighted by atomic mass is 9.91. The summed E-state index contributed by atoms with van der Waals surface area (Å²) in [5, 5.41) is 0. The van der Waals surface area contributed by atoms with Crippen molar-refractivity contribution >= 4 is 0 Å². The maximum atomic E-state index is 12.9. The largest absolute Gasteiger partial charge is 0.460 e. The highest BCUT2D eigenvalue weighted by Crippen LogP contribution is 2.62. The average Bonchev–Trinajstić information content (AvgIpc) is 2.70. The zero-order valence-corrected chi connectivity index (χ0v) is 17.5. The minimum atomic E-state index is -8.25. The Morgan fingerprint density at radius 3 is 1.03 bits per heavy atom. The third kappa shape index (κ3) is 5.78. The summed E-state index contributed by atoms with van der Waals surface area (Å²) >= 11 is 0. The number of nitrogens with two attached hydrogens (primary N) is 2. The van der Waals surface area contributed by atoms with Crippen LogP contribution in [-0.2, 0) is 0 Å². The maximum Gasteiger partial charge on any atom is 0.460 e. The number of rotatable bonds is 10. The van der Waals surface area contributed by atoms with Gasteiger partial charge in [0.25, 0.3) is 0 Å². The molecule has 24 heteroatoms. The fourth-order valence-electron chi connectivity index (χ4n) is 1.80. The summed E-state index contributed by atoms with van der Waals surface area (Å²) in [6, 6.07) is -5.46. The van der Waals surface area contributed by atoms with Crippen molar-refractivity contribution in [3.63, 3.8) is 0 Å². The van der Waals surface area contributed by atoms with E-state index in [4.69, 9.17) is 0 Å². The molecule has 0 rings (SSSR count). The number of hydrogen-bond donors (Lipinski definition) is 2. The van der Waals surface area contributed by atoms with Gasteiger partial charge in [0.2, 0.25) is 0 Å². The van der Waals surface area contributed by atoms with Crippen LogP contribution in [0.15, 0.2) is 0 Å². The predicted octanol–water partition coefficient (Wildman–Crippen LogP) is 6.88. The van der Waals surface area contributed by atoms with Gasteiger partial charge in [-0.15, -0.1) is 0 Å². The second-order valence-electron chi connectivity index (χ2n) is 6.97. The molecule has 4 N–H and O–H groups in total. The molecular formula is C14H12F22N2. The van der Waals surface area contributed by atoms with E-state index < -0.39 is 78.7 Å². The molecule has 0 saturated heterocycles. The molecule has 0 aromatic rings. The van der Waals surface area contributed by atoms with E-state index >= 15 is 0 Å². The topological polar surface area (TPSA) is 52.0 Å². The lowest BCUT2D eigenvalue weighted by molar-refractivity contribution is -0.451. The van der Waals surface area contributed by atoms with E-state index in [2.05, 4.69) is 11.5 Å². The quantitative estimate of drug-likeness (QED) is 0.206. The third-order valence-corrected chi connectivity index (χ3v) is 4.24. The molecule has 0 saturated carbocycles. The number of halogens is 22. The summed E-state index contributed by atoms with van der Waals surface area (Å²) in [7, 11) is 0. The monoisotopic (exact) mass is 626 g/mol. The van der Waals surface area contributed by atoms with E-state index in [1.165, 1.54) is 0 Å². The van der Waals surface area contributed by atoms with Crippen molar-refractivity contribution in [2.75, 3.05) is 6.54 Å². The fraction of sp³-hybridized carbons (Fsp3) is 1.00. The van der Waals surface area contributed by atoms with Crippen LogP contribution in [0.3, 0.4) is 0 Å². The summed E-state index contributed by atoms with van der Waals surface area (Å²) in [6.45, 7) is -2.02. The molecule has 0 bridgehead atoms. The molecule has 0 aliphatic rings. The van der Waals surface area contributed by atoms with Crippen LogP contribution in [0.25, 0.3) is 0 Å². The lowest BCUT2D eigenvalue weighted by Gasteiger charge is -2.41. The molecule has 0 spiro atoms. The zero-order valence-electron chi connectivity index (χ0n) is 17.5. The van der Waals surface area contributed by atoms with E-state index in [1.54, 1.807) is 0 Å². The normalized spacial score (nSPS) is 16.7. The van der Waals surface area contributed by atoms with Crippen LogP contribution >= 0.6 is 0 Å². The van der Waals surface area contributed by atoms with Crippen LogP contribution in [0.5, 0.6) is 0 Å². The van der Waals surface area contributed by atoms with Gasteiger partial charge in [-0.2, -0.15) is 92.2 Å².